The maximum Gasteiger partial charge on any atom is 0.148 e. The van der Waals surface area contributed by atoms with Gasteiger partial charge in [0.1, 0.15) is 5.82 Å². The molecule has 2 aromatic carbocycles. The van der Waals surface area contributed by atoms with Crippen LogP contribution in [0.2, 0.25) is 0 Å². The van der Waals surface area contributed by atoms with E-state index in [1.54, 1.807) is 12.1 Å². The number of hydrogen-bond donors (Lipinski definition) is 2. The lowest BCUT2D eigenvalue weighted by Gasteiger charge is -2.06. The van der Waals surface area contributed by atoms with Gasteiger partial charge >= 0.3 is 0 Å². The molecule has 1 heterocycles. The third-order valence-corrected chi connectivity index (χ3v) is 3.18. The Morgan fingerprint density at radius 2 is 1.95 bits per heavy atom. The van der Waals surface area contributed by atoms with Crippen molar-refractivity contribution in [3.05, 3.63) is 54.5 Å². The van der Waals surface area contributed by atoms with Gasteiger partial charge in [0.05, 0.1) is 11.4 Å². The van der Waals surface area contributed by atoms with E-state index < -0.39 is 5.82 Å². The van der Waals surface area contributed by atoms with Crippen molar-refractivity contribution < 1.29 is 4.39 Å². The first-order valence-corrected chi connectivity index (χ1v) is 6.01. The molecule has 0 radical (unpaired) electrons. The number of rotatable bonds is 2. The zero-order valence-corrected chi connectivity index (χ0v) is 10.5. The number of halogens is 1. The minimum Gasteiger partial charge on any atom is -0.396 e. The van der Waals surface area contributed by atoms with E-state index in [2.05, 4.69) is 5.32 Å². The third-order valence-electron chi connectivity index (χ3n) is 3.18. The standard InChI is InChI=1S/C15H14FN3/c1-19-9-14(11-4-2-3-5-15(11)19)18-10-6-7-13(17)12(16)8-10/h2-9,18H,17H2,1H3. The van der Waals surface area contributed by atoms with Gasteiger partial charge in [0.25, 0.3) is 0 Å². The molecule has 0 amide bonds. The highest BCUT2D eigenvalue weighted by Gasteiger charge is 2.07. The van der Waals surface area contributed by atoms with Crippen molar-refractivity contribution in [3.63, 3.8) is 0 Å². The lowest BCUT2D eigenvalue weighted by Crippen LogP contribution is -1.94. The van der Waals surface area contributed by atoms with Crippen molar-refractivity contribution in [2.45, 2.75) is 0 Å². The summed E-state index contributed by atoms with van der Waals surface area (Å²) in [4.78, 5) is 0. The fourth-order valence-electron chi connectivity index (χ4n) is 2.20. The molecule has 1 aromatic heterocycles. The Bertz CT molecular complexity index is 746. The Labute approximate surface area is 110 Å². The molecular weight excluding hydrogens is 241 g/mol. The first-order chi connectivity index (χ1) is 9.15. The molecule has 3 nitrogen and oxygen atoms in total. The molecule has 4 heteroatoms. The van der Waals surface area contributed by atoms with Crippen molar-refractivity contribution in [3.8, 4) is 0 Å². The third kappa shape index (κ3) is 2.01. The maximum absolute atomic E-state index is 13.4. The van der Waals surface area contributed by atoms with Crippen LogP contribution in [0.1, 0.15) is 0 Å². The van der Waals surface area contributed by atoms with E-state index in [9.17, 15) is 4.39 Å². The lowest BCUT2D eigenvalue weighted by molar-refractivity contribution is 0.633. The Hall–Kier alpha value is -2.49. The number of nitrogens with one attached hydrogen (secondary N) is 1. The van der Waals surface area contributed by atoms with Gasteiger partial charge in [-0.2, -0.15) is 0 Å². The monoisotopic (exact) mass is 255 g/mol. The van der Waals surface area contributed by atoms with Gasteiger partial charge in [-0.05, 0) is 24.3 Å². The SMILES string of the molecule is Cn1cc(Nc2ccc(N)c(F)c2)c2ccccc21. The molecule has 0 unspecified atom stereocenters. The molecule has 0 atom stereocenters. The minimum atomic E-state index is -0.412. The summed E-state index contributed by atoms with van der Waals surface area (Å²) >= 11 is 0. The van der Waals surface area contributed by atoms with E-state index in [-0.39, 0.29) is 5.69 Å². The van der Waals surface area contributed by atoms with Crippen LogP contribution in [0.3, 0.4) is 0 Å². The minimum absolute atomic E-state index is 0.156. The lowest BCUT2D eigenvalue weighted by atomic mass is 10.2. The summed E-state index contributed by atoms with van der Waals surface area (Å²) in [6, 6.07) is 12.8. The predicted octanol–water partition coefficient (Wildman–Crippen LogP) is 3.64. The van der Waals surface area contributed by atoms with Gasteiger partial charge in [-0.3, -0.25) is 0 Å². The molecule has 0 aliphatic heterocycles. The summed E-state index contributed by atoms with van der Waals surface area (Å²) in [5.74, 6) is -0.412. The van der Waals surface area contributed by atoms with Gasteiger partial charge in [-0.1, -0.05) is 18.2 Å². The quantitative estimate of drug-likeness (QED) is 0.686. The van der Waals surface area contributed by atoms with Crippen LogP contribution in [-0.4, -0.2) is 4.57 Å². The average molecular weight is 255 g/mol. The number of nitrogens with zero attached hydrogens (tertiary/aromatic N) is 1. The number of fused-ring (bicyclic) bond motifs is 1. The summed E-state index contributed by atoms with van der Waals surface area (Å²) in [6.45, 7) is 0. The summed E-state index contributed by atoms with van der Waals surface area (Å²) in [5.41, 5.74) is 8.38. The van der Waals surface area contributed by atoms with Crippen molar-refractivity contribution >= 4 is 28.0 Å². The average Bonchev–Trinajstić information content (AvgIpc) is 2.72. The number of benzene rings is 2. The van der Waals surface area contributed by atoms with Crippen LogP contribution >= 0.6 is 0 Å². The van der Waals surface area contributed by atoms with Crippen LogP contribution in [0.5, 0.6) is 0 Å². The zero-order valence-electron chi connectivity index (χ0n) is 10.5. The molecule has 0 aliphatic rings. The van der Waals surface area contributed by atoms with Crippen molar-refractivity contribution in [2.75, 3.05) is 11.1 Å². The maximum atomic E-state index is 13.4. The van der Waals surface area contributed by atoms with Crippen LogP contribution in [0, 0.1) is 5.82 Å². The fourth-order valence-corrected chi connectivity index (χ4v) is 2.20. The second-order valence-corrected chi connectivity index (χ2v) is 4.53. The highest BCUT2D eigenvalue weighted by Crippen LogP contribution is 2.28. The Morgan fingerprint density at radius 1 is 1.16 bits per heavy atom. The molecular formula is C15H14FN3. The van der Waals surface area contributed by atoms with E-state index in [0.29, 0.717) is 5.69 Å². The van der Waals surface area contributed by atoms with Crippen LogP contribution in [0.15, 0.2) is 48.7 Å². The fraction of sp³-hybridized carbons (Fsp3) is 0.0667. The Kier molecular flexibility index (Phi) is 2.63. The second-order valence-electron chi connectivity index (χ2n) is 4.53. The second kappa shape index (κ2) is 4.31. The van der Waals surface area contributed by atoms with E-state index in [4.69, 9.17) is 5.73 Å². The predicted molar refractivity (Wildman–Crippen MR) is 77.0 cm³/mol. The van der Waals surface area contributed by atoms with Gasteiger partial charge < -0.3 is 15.6 Å². The number of hydrogen-bond acceptors (Lipinski definition) is 2. The molecule has 3 N–H and O–H groups in total. The summed E-state index contributed by atoms with van der Waals surface area (Å²) < 4.78 is 15.5. The summed E-state index contributed by atoms with van der Waals surface area (Å²) in [5, 5.41) is 4.32. The molecule has 0 fully saturated rings. The zero-order chi connectivity index (χ0) is 13.4. The molecule has 0 bridgehead atoms. The molecule has 3 rings (SSSR count). The largest absolute Gasteiger partial charge is 0.396 e. The summed E-state index contributed by atoms with van der Waals surface area (Å²) in [7, 11) is 1.98. The van der Waals surface area contributed by atoms with Crippen molar-refractivity contribution in [2.24, 2.45) is 7.05 Å². The molecule has 3 aromatic rings. The first kappa shape index (κ1) is 11.6. The number of aromatic nitrogens is 1. The van der Waals surface area contributed by atoms with Crippen LogP contribution in [-0.2, 0) is 7.05 Å². The number of nitrogen functional groups attached to an aromatic ring is 1. The molecule has 0 saturated carbocycles. The van der Waals surface area contributed by atoms with Crippen LogP contribution < -0.4 is 11.1 Å². The molecule has 0 aliphatic carbocycles. The summed E-state index contributed by atoms with van der Waals surface area (Å²) in [6.07, 6.45) is 1.99. The van der Waals surface area contributed by atoms with Crippen LogP contribution in [0.4, 0.5) is 21.5 Å². The number of para-hydroxylation sites is 1. The van der Waals surface area contributed by atoms with Crippen LogP contribution in [0.25, 0.3) is 10.9 Å². The van der Waals surface area contributed by atoms with Gasteiger partial charge in [-0.15, -0.1) is 0 Å². The van der Waals surface area contributed by atoms with Crippen molar-refractivity contribution in [1.82, 2.24) is 4.57 Å². The number of anilines is 3. The van der Waals surface area contributed by atoms with Crippen molar-refractivity contribution in [1.29, 1.82) is 0 Å². The van der Waals surface area contributed by atoms with E-state index in [1.807, 2.05) is 42.1 Å². The smallest absolute Gasteiger partial charge is 0.148 e. The van der Waals surface area contributed by atoms with Gasteiger partial charge in [0, 0.05) is 29.8 Å². The highest BCUT2D eigenvalue weighted by atomic mass is 19.1. The van der Waals surface area contributed by atoms with E-state index >= 15 is 0 Å². The molecule has 0 saturated heterocycles. The Balaban J connectivity index is 2.03. The van der Waals surface area contributed by atoms with Gasteiger partial charge in [0.15, 0.2) is 0 Å². The normalized spacial score (nSPS) is 10.8. The molecule has 0 spiro atoms. The Morgan fingerprint density at radius 3 is 2.74 bits per heavy atom. The number of nitrogens with two attached hydrogens (primary N) is 1. The first-order valence-electron chi connectivity index (χ1n) is 6.01. The molecule has 96 valence electrons. The topological polar surface area (TPSA) is 43.0 Å². The highest BCUT2D eigenvalue weighted by molar-refractivity contribution is 5.94. The van der Waals surface area contributed by atoms with E-state index in [1.165, 1.54) is 6.07 Å². The van der Waals surface area contributed by atoms with Gasteiger partial charge in [0.2, 0.25) is 0 Å². The van der Waals surface area contributed by atoms with Gasteiger partial charge in [-0.25, -0.2) is 4.39 Å². The molecule has 19 heavy (non-hydrogen) atoms. The number of aryl methyl sites for hydroxylation is 1. The van der Waals surface area contributed by atoms with E-state index in [0.717, 1.165) is 16.6 Å².